The predicted molar refractivity (Wildman–Crippen MR) is 109 cm³/mol. The molecule has 0 heterocycles. The van der Waals surface area contributed by atoms with Gasteiger partial charge in [0.2, 0.25) is 0 Å². The van der Waals surface area contributed by atoms with Gasteiger partial charge < -0.3 is 0 Å². The van der Waals surface area contributed by atoms with Crippen LogP contribution in [0.1, 0.15) is 31.9 Å². The summed E-state index contributed by atoms with van der Waals surface area (Å²) in [6.45, 7) is 6.77. The molecule has 0 atom stereocenters. The minimum atomic E-state index is -0.490. The van der Waals surface area contributed by atoms with Crippen molar-refractivity contribution in [1.82, 2.24) is 0 Å². The fraction of sp³-hybridized carbons (Fsp3) is 0.174. The summed E-state index contributed by atoms with van der Waals surface area (Å²) < 4.78 is 0. The largest absolute Gasteiger partial charge is 0.170 e. The van der Waals surface area contributed by atoms with Crippen molar-refractivity contribution in [2.75, 3.05) is 0 Å². The maximum absolute atomic E-state index is 2.42. The average Bonchev–Trinajstić information content (AvgIpc) is 2.61. The summed E-state index contributed by atoms with van der Waals surface area (Å²) in [5, 5.41) is 2.78. The lowest BCUT2D eigenvalue weighted by molar-refractivity contribution is 0.590. The van der Waals surface area contributed by atoms with Crippen LogP contribution in [0, 0.1) is 0 Å². The van der Waals surface area contributed by atoms with E-state index in [1.165, 1.54) is 21.7 Å². The molecule has 0 spiro atoms. The van der Waals surface area contributed by atoms with Crippen LogP contribution in [0.4, 0.5) is 0 Å². The molecule has 0 saturated heterocycles. The lowest BCUT2D eigenvalue weighted by Gasteiger charge is -2.18. The van der Waals surface area contributed by atoms with Crippen LogP contribution < -0.4 is 10.6 Å². The molecular formula is C23H24P+. The second-order valence-electron chi connectivity index (χ2n) is 7.04. The second kappa shape index (κ2) is 7.16. The van der Waals surface area contributed by atoms with Gasteiger partial charge in [0.25, 0.3) is 0 Å². The van der Waals surface area contributed by atoms with Crippen molar-refractivity contribution in [2.45, 2.75) is 26.2 Å². The minimum Gasteiger partial charge on any atom is -0.0619 e. The zero-order chi connectivity index (χ0) is 17.0. The van der Waals surface area contributed by atoms with Gasteiger partial charge in [-0.25, -0.2) is 0 Å². The molecule has 1 heteroatoms. The molecule has 0 aliphatic carbocycles. The van der Waals surface area contributed by atoms with E-state index in [9.17, 15) is 0 Å². The van der Waals surface area contributed by atoms with Crippen molar-refractivity contribution < 1.29 is 0 Å². The van der Waals surface area contributed by atoms with E-state index < -0.39 is 7.55 Å². The number of hydrogen-bond acceptors (Lipinski definition) is 0. The normalized spacial score (nSPS) is 11.1. The third-order valence-electron chi connectivity index (χ3n) is 4.12. The molecule has 0 bridgehead atoms. The molecule has 0 aromatic heterocycles. The number of benzene rings is 3. The molecule has 0 fully saturated rings. The molecule has 3 aromatic carbocycles. The van der Waals surface area contributed by atoms with E-state index in [0.717, 1.165) is 0 Å². The van der Waals surface area contributed by atoms with Gasteiger partial charge in [0.15, 0.2) is 18.2 Å². The van der Waals surface area contributed by atoms with Gasteiger partial charge >= 0.3 is 0 Å². The van der Waals surface area contributed by atoms with Gasteiger partial charge in [-0.15, -0.1) is 0 Å². The van der Waals surface area contributed by atoms with E-state index in [0.29, 0.717) is 0 Å². The first-order valence-corrected chi connectivity index (χ1v) is 9.80. The Morgan fingerprint density at radius 1 is 0.625 bits per heavy atom. The Hall–Kier alpha value is -2.17. The smallest absolute Gasteiger partial charge is 0.0619 e. The molecule has 3 rings (SSSR count). The van der Waals surface area contributed by atoms with E-state index in [-0.39, 0.29) is 5.41 Å². The van der Waals surface area contributed by atoms with Crippen LogP contribution in [0.2, 0.25) is 0 Å². The van der Waals surface area contributed by atoms with Gasteiger partial charge in [0, 0.05) is 5.56 Å². The first kappa shape index (κ1) is 16.7. The molecule has 0 amide bonds. The summed E-state index contributed by atoms with van der Waals surface area (Å²) in [4.78, 5) is 0. The monoisotopic (exact) mass is 331 g/mol. The number of rotatable bonds is 3. The Morgan fingerprint density at radius 3 is 1.50 bits per heavy atom. The zero-order valence-corrected chi connectivity index (χ0v) is 15.5. The van der Waals surface area contributed by atoms with Crippen LogP contribution in [0.3, 0.4) is 0 Å². The lowest BCUT2D eigenvalue weighted by atomic mass is 9.87. The molecule has 0 radical (unpaired) electrons. The Balaban J connectivity index is 2.04. The standard InChI is InChI=1S/C23H24P/c1-23(2,3)20-16-14-19(15-17-20)18-24(21-10-6-4-7-11-21)22-12-8-5-9-13-22/h4-18H,1-3H3/q+1. The topological polar surface area (TPSA) is 0 Å². The van der Waals surface area contributed by atoms with Crippen molar-refractivity contribution >= 4 is 24.0 Å². The van der Waals surface area contributed by atoms with E-state index in [1.54, 1.807) is 0 Å². The molecular weight excluding hydrogens is 307 g/mol. The molecule has 24 heavy (non-hydrogen) atoms. The molecule has 0 nitrogen and oxygen atoms in total. The Labute approximate surface area is 146 Å². The van der Waals surface area contributed by atoms with Gasteiger partial charge in [-0.3, -0.25) is 0 Å². The van der Waals surface area contributed by atoms with Gasteiger partial charge in [-0.05, 0) is 35.2 Å². The van der Waals surface area contributed by atoms with Gasteiger partial charge in [0.05, 0.1) is 0 Å². The lowest BCUT2D eigenvalue weighted by Crippen LogP contribution is -2.11. The highest BCUT2D eigenvalue weighted by molar-refractivity contribution is 7.72. The third kappa shape index (κ3) is 4.02. The SMILES string of the molecule is CC(C)(C)c1ccc(C=[P+](c2ccccc2)c2ccccc2)cc1. The predicted octanol–water partition coefficient (Wildman–Crippen LogP) is 5.27. The van der Waals surface area contributed by atoms with E-state index in [4.69, 9.17) is 0 Å². The fourth-order valence-electron chi connectivity index (χ4n) is 2.69. The highest BCUT2D eigenvalue weighted by atomic mass is 31.1. The summed E-state index contributed by atoms with van der Waals surface area (Å²) in [6, 6.07) is 30.6. The van der Waals surface area contributed by atoms with E-state index in [1.807, 2.05) is 0 Å². The minimum absolute atomic E-state index is 0.197. The zero-order valence-electron chi connectivity index (χ0n) is 14.6. The molecule has 0 unspecified atom stereocenters. The maximum atomic E-state index is 2.42. The third-order valence-corrected chi connectivity index (χ3v) is 6.39. The molecule has 0 N–H and O–H groups in total. The molecule has 0 aliphatic rings. The van der Waals surface area contributed by atoms with Crippen LogP contribution in [0.25, 0.3) is 0 Å². The fourth-order valence-corrected chi connectivity index (χ4v) is 4.75. The van der Waals surface area contributed by atoms with Gasteiger partial charge in [0.1, 0.15) is 5.80 Å². The van der Waals surface area contributed by atoms with Crippen LogP contribution in [0.15, 0.2) is 84.9 Å². The maximum Gasteiger partial charge on any atom is 0.170 e. The van der Waals surface area contributed by atoms with Crippen LogP contribution in [0.5, 0.6) is 0 Å². The summed E-state index contributed by atoms with van der Waals surface area (Å²) in [7, 11) is -0.490. The number of hydrogen-bond donors (Lipinski definition) is 0. The highest BCUT2D eigenvalue weighted by Gasteiger charge is 2.18. The quantitative estimate of drug-likeness (QED) is 0.574. The first-order valence-electron chi connectivity index (χ1n) is 8.39. The Kier molecular flexibility index (Phi) is 4.97. The Morgan fingerprint density at radius 2 is 1.08 bits per heavy atom. The van der Waals surface area contributed by atoms with Crippen LogP contribution in [-0.2, 0) is 5.41 Å². The highest BCUT2D eigenvalue weighted by Crippen LogP contribution is 2.25. The molecule has 3 aromatic rings. The van der Waals surface area contributed by atoms with E-state index >= 15 is 0 Å². The van der Waals surface area contributed by atoms with Crippen LogP contribution in [-0.4, -0.2) is 5.80 Å². The molecule has 0 saturated carbocycles. The van der Waals surface area contributed by atoms with Gasteiger partial charge in [-0.1, -0.05) is 81.4 Å². The van der Waals surface area contributed by atoms with Crippen molar-refractivity contribution in [3.63, 3.8) is 0 Å². The van der Waals surface area contributed by atoms with Crippen molar-refractivity contribution in [2.24, 2.45) is 0 Å². The van der Waals surface area contributed by atoms with Crippen molar-refractivity contribution in [1.29, 1.82) is 0 Å². The molecule has 120 valence electrons. The van der Waals surface area contributed by atoms with Gasteiger partial charge in [-0.2, -0.15) is 0 Å². The van der Waals surface area contributed by atoms with E-state index in [2.05, 4.69) is 111 Å². The summed E-state index contributed by atoms with van der Waals surface area (Å²) in [5.74, 6) is 2.42. The summed E-state index contributed by atoms with van der Waals surface area (Å²) in [6.07, 6.45) is 0. The Bertz CT molecular complexity index is 766. The first-order chi connectivity index (χ1) is 11.5. The summed E-state index contributed by atoms with van der Waals surface area (Å²) >= 11 is 0. The molecule has 0 aliphatic heterocycles. The van der Waals surface area contributed by atoms with Crippen LogP contribution >= 0.6 is 7.55 Å². The average molecular weight is 331 g/mol. The second-order valence-corrected chi connectivity index (χ2v) is 9.07. The summed E-state index contributed by atoms with van der Waals surface area (Å²) in [5.41, 5.74) is 2.87. The van der Waals surface area contributed by atoms with Crippen molar-refractivity contribution in [3.05, 3.63) is 96.1 Å². The van der Waals surface area contributed by atoms with Crippen molar-refractivity contribution in [3.8, 4) is 0 Å².